The van der Waals surface area contributed by atoms with Crippen molar-refractivity contribution in [2.75, 3.05) is 0 Å². The summed E-state index contributed by atoms with van der Waals surface area (Å²) in [6.07, 6.45) is 4.41. The molecular weight excluding hydrogens is 359 g/mol. The monoisotopic (exact) mass is 372 g/mol. The first-order chi connectivity index (χ1) is 9.84. The zero-order valence-corrected chi connectivity index (χ0v) is 13.1. The molecule has 2 aromatic carbocycles. The molecule has 0 radical (unpaired) electrons. The Morgan fingerprint density at radius 3 is 2.65 bits per heavy atom. The second-order valence-electron chi connectivity index (χ2n) is 5.03. The van der Waals surface area contributed by atoms with Crippen molar-refractivity contribution in [2.24, 2.45) is 0 Å². The Hall–Kier alpha value is -1.55. The highest BCUT2D eigenvalue weighted by molar-refractivity contribution is 14.1. The molecule has 1 nitrogen and oxygen atoms in total. The lowest BCUT2D eigenvalue weighted by atomic mass is 9.99. The van der Waals surface area contributed by atoms with Crippen LogP contribution in [0.3, 0.4) is 0 Å². The Labute approximate surface area is 130 Å². The van der Waals surface area contributed by atoms with Crippen LogP contribution in [-0.4, -0.2) is 0 Å². The summed E-state index contributed by atoms with van der Waals surface area (Å²) >= 11 is 2.47. The van der Waals surface area contributed by atoms with E-state index in [9.17, 15) is 0 Å². The largest absolute Gasteiger partial charge is 0.456 e. The van der Waals surface area contributed by atoms with Gasteiger partial charge in [-0.05, 0) is 58.7 Å². The summed E-state index contributed by atoms with van der Waals surface area (Å²) < 4.78 is 7.45. The molecule has 3 aromatic rings. The summed E-state index contributed by atoms with van der Waals surface area (Å²) in [4.78, 5) is 0. The SMILES string of the molecule is IC1=c2c(oc3cccc(-c4ccccc4)c23)=CCC1. The van der Waals surface area contributed by atoms with E-state index < -0.39 is 0 Å². The maximum absolute atomic E-state index is 6.04. The molecule has 0 unspecified atom stereocenters. The summed E-state index contributed by atoms with van der Waals surface area (Å²) in [5.41, 5.74) is 4.54. The number of fused-ring (bicyclic) bond motifs is 3. The van der Waals surface area contributed by atoms with E-state index in [-0.39, 0.29) is 0 Å². The Morgan fingerprint density at radius 2 is 1.80 bits per heavy atom. The lowest BCUT2D eigenvalue weighted by Gasteiger charge is -2.04. The minimum Gasteiger partial charge on any atom is -0.456 e. The topological polar surface area (TPSA) is 13.1 Å². The van der Waals surface area contributed by atoms with Gasteiger partial charge in [-0.15, -0.1) is 0 Å². The molecule has 0 aliphatic heterocycles. The van der Waals surface area contributed by atoms with E-state index in [1.165, 1.54) is 25.3 Å². The lowest BCUT2D eigenvalue weighted by Crippen LogP contribution is -2.24. The van der Waals surface area contributed by atoms with Gasteiger partial charge in [0.15, 0.2) is 0 Å². The van der Waals surface area contributed by atoms with Gasteiger partial charge in [-0.2, -0.15) is 0 Å². The van der Waals surface area contributed by atoms with Crippen molar-refractivity contribution in [3.63, 3.8) is 0 Å². The molecule has 2 heteroatoms. The summed E-state index contributed by atoms with van der Waals surface area (Å²) in [5.74, 6) is 0. The number of benzene rings is 2. The van der Waals surface area contributed by atoms with Crippen LogP contribution in [0.15, 0.2) is 52.9 Å². The molecule has 0 bridgehead atoms. The minimum absolute atomic E-state index is 0.990. The molecule has 1 heterocycles. The first-order valence-electron chi connectivity index (χ1n) is 6.80. The third kappa shape index (κ3) is 1.82. The van der Waals surface area contributed by atoms with Gasteiger partial charge < -0.3 is 4.42 Å². The molecule has 1 aliphatic carbocycles. The summed E-state index contributed by atoms with van der Waals surface area (Å²) in [6.45, 7) is 0. The van der Waals surface area contributed by atoms with E-state index in [0.29, 0.717) is 0 Å². The third-order valence-electron chi connectivity index (χ3n) is 3.79. The normalized spacial score (nSPS) is 14.2. The number of halogens is 1. The van der Waals surface area contributed by atoms with Crippen LogP contribution in [0, 0.1) is 0 Å². The average Bonchev–Trinajstić information content (AvgIpc) is 2.88. The predicted octanol–water partition coefficient (Wildman–Crippen LogP) is 4.22. The number of furan rings is 1. The zero-order valence-electron chi connectivity index (χ0n) is 10.9. The molecule has 0 fully saturated rings. The van der Waals surface area contributed by atoms with Gasteiger partial charge in [0.25, 0.3) is 0 Å². The van der Waals surface area contributed by atoms with E-state index in [1.54, 1.807) is 0 Å². The van der Waals surface area contributed by atoms with E-state index >= 15 is 0 Å². The Bertz CT molecular complexity index is 904. The highest BCUT2D eigenvalue weighted by Crippen LogP contribution is 2.28. The Balaban J connectivity index is 2.20. The number of rotatable bonds is 1. The molecule has 0 spiro atoms. The summed E-state index contributed by atoms with van der Waals surface area (Å²) in [7, 11) is 0. The van der Waals surface area contributed by atoms with Crippen LogP contribution >= 0.6 is 22.6 Å². The van der Waals surface area contributed by atoms with Crippen molar-refractivity contribution in [1.82, 2.24) is 0 Å². The van der Waals surface area contributed by atoms with Gasteiger partial charge in [-0.3, -0.25) is 0 Å². The average molecular weight is 372 g/mol. The molecule has 0 atom stereocenters. The van der Waals surface area contributed by atoms with Gasteiger partial charge in [0, 0.05) is 14.2 Å². The van der Waals surface area contributed by atoms with Gasteiger partial charge in [0.2, 0.25) is 0 Å². The van der Waals surface area contributed by atoms with Crippen LogP contribution in [0.2, 0.25) is 0 Å². The van der Waals surface area contributed by atoms with Crippen molar-refractivity contribution in [3.8, 4) is 11.1 Å². The van der Waals surface area contributed by atoms with Crippen molar-refractivity contribution in [3.05, 3.63) is 59.2 Å². The van der Waals surface area contributed by atoms with E-state index in [4.69, 9.17) is 4.42 Å². The molecule has 0 saturated carbocycles. The Kier molecular flexibility index (Phi) is 2.91. The fraction of sp³-hybridized carbons (Fsp3) is 0.111. The van der Waals surface area contributed by atoms with Crippen molar-refractivity contribution in [1.29, 1.82) is 0 Å². The van der Waals surface area contributed by atoms with Crippen molar-refractivity contribution < 1.29 is 4.42 Å². The fourth-order valence-electron chi connectivity index (χ4n) is 2.89. The standard InChI is InChI=1S/C18H13IO/c19-14-9-5-11-16-18(14)17-13(8-4-10-15(17)20-16)12-6-2-1-3-7-12/h1-4,6-8,10-11H,5,9H2. The van der Waals surface area contributed by atoms with E-state index in [1.807, 2.05) is 0 Å². The minimum atomic E-state index is 0.990. The lowest BCUT2D eigenvalue weighted by molar-refractivity contribution is 0.571. The van der Waals surface area contributed by atoms with Gasteiger partial charge in [-0.1, -0.05) is 42.5 Å². The zero-order chi connectivity index (χ0) is 13.5. The van der Waals surface area contributed by atoms with Crippen molar-refractivity contribution >= 4 is 43.2 Å². The molecule has 1 aliphatic rings. The molecule has 4 rings (SSSR count). The highest BCUT2D eigenvalue weighted by Gasteiger charge is 2.14. The molecular formula is C18H13IO. The molecule has 0 N–H and O–H groups in total. The highest BCUT2D eigenvalue weighted by atomic mass is 127. The third-order valence-corrected chi connectivity index (χ3v) is 4.87. The molecule has 98 valence electrons. The number of hydrogen-bond donors (Lipinski definition) is 0. The quantitative estimate of drug-likeness (QED) is 0.583. The molecule has 0 saturated heterocycles. The van der Waals surface area contributed by atoms with Crippen LogP contribution < -0.4 is 10.6 Å². The summed E-state index contributed by atoms with van der Waals surface area (Å²) in [5, 5.41) is 2.56. The first kappa shape index (κ1) is 12.2. The van der Waals surface area contributed by atoms with Crippen LogP contribution in [0.1, 0.15) is 12.8 Å². The van der Waals surface area contributed by atoms with Crippen LogP contribution in [-0.2, 0) is 0 Å². The number of hydrogen-bond acceptors (Lipinski definition) is 1. The van der Waals surface area contributed by atoms with Crippen molar-refractivity contribution in [2.45, 2.75) is 12.8 Å². The molecule has 20 heavy (non-hydrogen) atoms. The predicted molar refractivity (Wildman–Crippen MR) is 92.0 cm³/mol. The molecule has 0 amide bonds. The van der Waals surface area contributed by atoms with Gasteiger partial charge >= 0.3 is 0 Å². The van der Waals surface area contributed by atoms with Crippen LogP contribution in [0.4, 0.5) is 0 Å². The van der Waals surface area contributed by atoms with E-state index in [0.717, 1.165) is 23.8 Å². The Morgan fingerprint density at radius 1 is 0.950 bits per heavy atom. The van der Waals surface area contributed by atoms with Gasteiger partial charge in [-0.25, -0.2) is 0 Å². The van der Waals surface area contributed by atoms with E-state index in [2.05, 4.69) is 77.2 Å². The second-order valence-corrected chi connectivity index (χ2v) is 6.34. The van der Waals surface area contributed by atoms with Gasteiger partial charge in [0.1, 0.15) is 11.0 Å². The smallest absolute Gasteiger partial charge is 0.136 e. The maximum Gasteiger partial charge on any atom is 0.136 e. The second kappa shape index (κ2) is 4.77. The molecule has 1 aromatic heterocycles. The first-order valence-corrected chi connectivity index (χ1v) is 7.88. The summed E-state index contributed by atoms with van der Waals surface area (Å²) in [6, 6.07) is 16.9. The maximum atomic E-state index is 6.04. The van der Waals surface area contributed by atoms with Crippen LogP contribution in [0.25, 0.3) is 31.8 Å². The fourth-order valence-corrected chi connectivity index (χ4v) is 3.74. The van der Waals surface area contributed by atoms with Gasteiger partial charge in [0.05, 0.1) is 0 Å². The van der Waals surface area contributed by atoms with Crippen LogP contribution in [0.5, 0.6) is 0 Å².